The molecule has 0 bridgehead atoms. The lowest BCUT2D eigenvalue weighted by Gasteiger charge is -2.25. The molecule has 3 N–H and O–H groups in total. The number of halogens is 1. The lowest BCUT2D eigenvalue weighted by Crippen LogP contribution is -2.33. The molecule has 0 radical (unpaired) electrons. The summed E-state index contributed by atoms with van der Waals surface area (Å²) >= 11 is 6.35. The summed E-state index contributed by atoms with van der Waals surface area (Å²) in [6.07, 6.45) is 1.91. The SMILES string of the molecule is OC[C@H]1O[C@@H](n2cnc3c(N4CC5(CCCC5)c5ccccc54)nc(Cl)nc32)[C@@H](O)C1O. The van der Waals surface area contributed by atoms with Gasteiger partial charge < -0.3 is 25.0 Å². The Balaban J connectivity index is 1.47. The number of fused-ring (bicyclic) bond motifs is 3. The Morgan fingerprint density at radius 2 is 1.91 bits per heavy atom. The summed E-state index contributed by atoms with van der Waals surface area (Å²) in [7, 11) is 0. The second kappa shape index (κ2) is 7.36. The monoisotopic (exact) mass is 457 g/mol. The maximum Gasteiger partial charge on any atom is 0.226 e. The van der Waals surface area contributed by atoms with Gasteiger partial charge in [0.05, 0.1) is 12.9 Å². The van der Waals surface area contributed by atoms with Gasteiger partial charge in [0.15, 0.2) is 23.2 Å². The number of benzene rings is 1. The van der Waals surface area contributed by atoms with Crippen molar-refractivity contribution in [2.75, 3.05) is 18.1 Å². The molecule has 1 spiro atoms. The molecule has 1 unspecified atom stereocenters. The van der Waals surface area contributed by atoms with Crippen molar-refractivity contribution in [1.82, 2.24) is 19.5 Å². The zero-order valence-electron chi connectivity index (χ0n) is 17.3. The molecule has 1 aliphatic carbocycles. The lowest BCUT2D eigenvalue weighted by molar-refractivity contribution is -0.0511. The van der Waals surface area contributed by atoms with Crippen LogP contribution in [0, 0.1) is 0 Å². The molecule has 168 valence electrons. The number of ether oxygens (including phenoxy) is 1. The van der Waals surface area contributed by atoms with Gasteiger partial charge in [-0.3, -0.25) is 4.57 Å². The first-order valence-electron chi connectivity index (χ1n) is 10.9. The molecule has 1 saturated heterocycles. The highest BCUT2D eigenvalue weighted by Gasteiger charge is 2.47. The van der Waals surface area contributed by atoms with Crippen molar-refractivity contribution >= 4 is 34.3 Å². The number of hydrogen-bond acceptors (Lipinski definition) is 8. The number of aliphatic hydroxyl groups is 3. The number of hydrogen-bond donors (Lipinski definition) is 3. The number of rotatable bonds is 3. The van der Waals surface area contributed by atoms with E-state index in [9.17, 15) is 15.3 Å². The largest absolute Gasteiger partial charge is 0.394 e. The molecule has 9 nitrogen and oxygen atoms in total. The predicted molar refractivity (Wildman–Crippen MR) is 117 cm³/mol. The van der Waals surface area contributed by atoms with Crippen molar-refractivity contribution in [1.29, 1.82) is 0 Å². The van der Waals surface area contributed by atoms with E-state index < -0.39 is 31.1 Å². The smallest absolute Gasteiger partial charge is 0.226 e. The molecule has 10 heteroatoms. The normalized spacial score (nSPS) is 28.8. The van der Waals surface area contributed by atoms with Crippen LogP contribution in [0.5, 0.6) is 0 Å². The van der Waals surface area contributed by atoms with Crippen LogP contribution in [0.2, 0.25) is 5.28 Å². The van der Waals surface area contributed by atoms with Crippen molar-refractivity contribution in [3.8, 4) is 0 Å². The lowest BCUT2D eigenvalue weighted by atomic mass is 9.81. The summed E-state index contributed by atoms with van der Waals surface area (Å²) in [6, 6.07) is 8.42. The summed E-state index contributed by atoms with van der Waals surface area (Å²) in [5, 5.41) is 30.2. The Hall–Kier alpha value is -2.30. The van der Waals surface area contributed by atoms with Gasteiger partial charge in [0.2, 0.25) is 5.28 Å². The van der Waals surface area contributed by atoms with Crippen LogP contribution < -0.4 is 4.90 Å². The molecular weight excluding hydrogens is 434 g/mol. The van der Waals surface area contributed by atoms with Gasteiger partial charge in [-0.25, -0.2) is 4.98 Å². The molecule has 3 aliphatic rings. The van der Waals surface area contributed by atoms with Gasteiger partial charge in [0, 0.05) is 17.6 Å². The molecule has 4 atom stereocenters. The van der Waals surface area contributed by atoms with Crippen molar-refractivity contribution in [3.63, 3.8) is 0 Å². The van der Waals surface area contributed by atoms with E-state index in [1.807, 2.05) is 6.07 Å². The van der Waals surface area contributed by atoms with E-state index in [0.29, 0.717) is 17.0 Å². The van der Waals surface area contributed by atoms with Gasteiger partial charge in [-0.2, -0.15) is 9.97 Å². The van der Waals surface area contributed by atoms with E-state index >= 15 is 0 Å². The molecule has 2 fully saturated rings. The van der Waals surface area contributed by atoms with Crippen molar-refractivity contribution in [3.05, 3.63) is 41.4 Å². The first kappa shape index (κ1) is 20.3. The molecule has 0 amide bonds. The third kappa shape index (κ3) is 2.82. The Morgan fingerprint density at radius 1 is 1.12 bits per heavy atom. The van der Waals surface area contributed by atoms with Crippen LogP contribution in [-0.4, -0.2) is 66.3 Å². The minimum absolute atomic E-state index is 0.0610. The van der Waals surface area contributed by atoms with Crippen molar-refractivity contribution < 1.29 is 20.1 Å². The maximum atomic E-state index is 10.5. The van der Waals surface area contributed by atoms with Gasteiger partial charge in [0.25, 0.3) is 0 Å². The quantitative estimate of drug-likeness (QED) is 0.512. The first-order valence-corrected chi connectivity index (χ1v) is 11.3. The third-order valence-electron chi connectivity index (χ3n) is 7.21. The minimum atomic E-state index is -1.24. The van der Waals surface area contributed by atoms with Gasteiger partial charge in [-0.1, -0.05) is 31.0 Å². The zero-order chi connectivity index (χ0) is 22.0. The van der Waals surface area contributed by atoms with Gasteiger partial charge in [-0.15, -0.1) is 0 Å². The minimum Gasteiger partial charge on any atom is -0.394 e. The Bertz CT molecular complexity index is 1180. The number of imidazole rings is 1. The average molecular weight is 458 g/mol. The standard InChI is InChI=1S/C22H24ClN5O4/c23-21-25-18(27-10-22(7-3-4-8-22)12-5-1-2-6-13(12)27)15-19(26-21)28(11-24-15)20-17(31)16(30)14(9-29)32-20/h1-2,5-6,11,14,16-17,20,29-31H,3-4,7-10H2/t14-,16?,17+,20-/m1/s1. The number of nitrogens with zero attached hydrogens (tertiary/aromatic N) is 5. The summed E-state index contributed by atoms with van der Waals surface area (Å²) in [6.45, 7) is 0.393. The highest BCUT2D eigenvalue weighted by atomic mass is 35.5. The number of aromatic nitrogens is 4. The molecule has 1 saturated carbocycles. The van der Waals surface area contributed by atoms with Crippen molar-refractivity contribution in [2.45, 2.75) is 55.6 Å². The summed E-state index contributed by atoms with van der Waals surface area (Å²) in [4.78, 5) is 15.6. The molecule has 32 heavy (non-hydrogen) atoms. The fourth-order valence-corrected chi connectivity index (χ4v) is 5.82. The van der Waals surface area contributed by atoms with E-state index in [1.165, 1.54) is 24.7 Å². The Kier molecular flexibility index (Phi) is 4.67. The number of anilines is 2. The summed E-state index contributed by atoms with van der Waals surface area (Å²) in [5.74, 6) is 0.613. The molecule has 1 aromatic carbocycles. The highest BCUT2D eigenvalue weighted by molar-refractivity contribution is 6.28. The Morgan fingerprint density at radius 3 is 2.66 bits per heavy atom. The number of para-hydroxylation sites is 1. The van der Waals surface area contributed by atoms with Gasteiger partial charge in [0.1, 0.15) is 18.3 Å². The van der Waals surface area contributed by atoms with Crippen LogP contribution >= 0.6 is 11.6 Å². The number of aliphatic hydroxyl groups excluding tert-OH is 3. The van der Waals surface area contributed by atoms with Crippen LogP contribution in [-0.2, 0) is 10.2 Å². The summed E-state index contributed by atoms with van der Waals surface area (Å²) in [5.41, 5.74) is 3.49. The van der Waals surface area contributed by atoms with Crippen LogP contribution in [0.3, 0.4) is 0 Å². The van der Waals surface area contributed by atoms with E-state index in [2.05, 4.69) is 38.1 Å². The maximum absolute atomic E-state index is 10.5. The van der Waals surface area contributed by atoms with E-state index in [-0.39, 0.29) is 10.7 Å². The van der Waals surface area contributed by atoms with Crippen LogP contribution in [0.1, 0.15) is 37.5 Å². The molecular formula is C22H24ClN5O4. The first-order chi connectivity index (χ1) is 15.5. The molecule has 4 heterocycles. The molecule has 2 aliphatic heterocycles. The summed E-state index contributed by atoms with van der Waals surface area (Å²) < 4.78 is 7.23. The van der Waals surface area contributed by atoms with Crippen LogP contribution in [0.4, 0.5) is 11.5 Å². The van der Waals surface area contributed by atoms with Crippen LogP contribution in [0.15, 0.2) is 30.6 Å². The molecule has 6 rings (SSSR count). The van der Waals surface area contributed by atoms with E-state index in [1.54, 1.807) is 4.57 Å². The van der Waals surface area contributed by atoms with Gasteiger partial charge in [-0.05, 0) is 36.1 Å². The fourth-order valence-electron chi connectivity index (χ4n) is 5.66. The molecule has 2 aromatic heterocycles. The third-order valence-corrected chi connectivity index (χ3v) is 7.38. The second-order valence-electron chi connectivity index (χ2n) is 8.96. The predicted octanol–water partition coefficient (Wildman–Crippen LogP) is 2.05. The van der Waals surface area contributed by atoms with E-state index in [4.69, 9.17) is 16.3 Å². The average Bonchev–Trinajstić information content (AvgIpc) is 3.56. The fraction of sp³-hybridized carbons (Fsp3) is 0.500. The van der Waals surface area contributed by atoms with E-state index in [0.717, 1.165) is 25.1 Å². The second-order valence-corrected chi connectivity index (χ2v) is 9.30. The van der Waals surface area contributed by atoms with Crippen LogP contribution in [0.25, 0.3) is 11.2 Å². The molecule has 3 aromatic rings. The zero-order valence-corrected chi connectivity index (χ0v) is 18.1. The van der Waals surface area contributed by atoms with Crippen molar-refractivity contribution in [2.24, 2.45) is 0 Å². The Labute approximate surface area is 189 Å². The highest BCUT2D eigenvalue weighted by Crippen LogP contribution is 2.52. The van der Waals surface area contributed by atoms with Gasteiger partial charge >= 0.3 is 0 Å². The topological polar surface area (TPSA) is 117 Å².